The fraction of sp³-hybridized carbons (Fsp3) is 0.182. The number of carbonyl (C=O) groups is 2. The van der Waals surface area contributed by atoms with E-state index in [2.05, 4.69) is 12.1 Å². The summed E-state index contributed by atoms with van der Waals surface area (Å²) in [6, 6.07) is 17.4. The minimum Gasteiger partial charge on any atom is -0.493 e. The van der Waals surface area contributed by atoms with Gasteiger partial charge in [-0.1, -0.05) is 42.5 Å². The first-order valence-electron chi connectivity index (χ1n) is 8.52. The molecule has 3 rings (SSSR count). The third-order valence-electron chi connectivity index (χ3n) is 4.05. The summed E-state index contributed by atoms with van der Waals surface area (Å²) in [5.74, 6) is 0.0994. The molecule has 0 unspecified atom stereocenters. The van der Waals surface area contributed by atoms with Crippen LogP contribution in [0, 0.1) is 0 Å². The summed E-state index contributed by atoms with van der Waals surface area (Å²) in [6.45, 7) is 2.67. The van der Waals surface area contributed by atoms with E-state index >= 15 is 0 Å². The summed E-state index contributed by atoms with van der Waals surface area (Å²) in [5.41, 5.74) is 2.21. The highest BCUT2D eigenvalue weighted by Crippen LogP contribution is 2.42. The van der Waals surface area contributed by atoms with Crippen LogP contribution in [-0.2, 0) is 16.0 Å². The van der Waals surface area contributed by atoms with Crippen LogP contribution in [0.5, 0.6) is 17.2 Å². The van der Waals surface area contributed by atoms with Gasteiger partial charge in [0.15, 0.2) is 11.5 Å². The fourth-order valence-corrected chi connectivity index (χ4v) is 2.97. The Morgan fingerprint density at radius 2 is 1.48 bits per heavy atom. The molecule has 0 radical (unpaired) electrons. The molecule has 0 aliphatic rings. The molecule has 27 heavy (non-hydrogen) atoms. The Morgan fingerprint density at radius 1 is 0.778 bits per heavy atom. The van der Waals surface area contributed by atoms with Crippen molar-refractivity contribution in [2.24, 2.45) is 0 Å². The molecule has 138 valence electrons. The lowest BCUT2D eigenvalue weighted by Gasteiger charge is -2.15. The lowest BCUT2D eigenvalue weighted by atomic mass is 10.00. The second-order valence-electron chi connectivity index (χ2n) is 6.14. The van der Waals surface area contributed by atoms with Crippen LogP contribution in [0.4, 0.5) is 0 Å². The molecule has 5 heteroatoms. The van der Waals surface area contributed by atoms with E-state index in [0.29, 0.717) is 28.0 Å². The molecule has 0 aliphatic heterocycles. The quantitative estimate of drug-likeness (QED) is 0.499. The monoisotopic (exact) mass is 364 g/mol. The molecule has 0 atom stereocenters. The smallest absolute Gasteiger partial charge is 0.308 e. The number of hydrogen-bond acceptors (Lipinski definition) is 5. The molecule has 0 spiro atoms. The maximum absolute atomic E-state index is 11.5. The number of carbonyl (C=O) groups excluding carboxylic acids is 2. The van der Waals surface area contributed by atoms with Crippen molar-refractivity contribution in [2.45, 2.75) is 20.3 Å². The Kier molecular flexibility index (Phi) is 5.41. The Hall–Kier alpha value is -3.34. The van der Waals surface area contributed by atoms with E-state index in [1.165, 1.54) is 26.5 Å². The summed E-state index contributed by atoms with van der Waals surface area (Å²) in [5, 5.41) is 1.31. The highest BCUT2D eigenvalue weighted by atomic mass is 16.6. The van der Waals surface area contributed by atoms with Crippen molar-refractivity contribution in [3.8, 4) is 17.2 Å². The minimum atomic E-state index is -0.455. The molecular weight excluding hydrogens is 344 g/mol. The lowest BCUT2D eigenvalue weighted by molar-refractivity contribution is -0.133. The maximum atomic E-state index is 11.5. The highest BCUT2D eigenvalue weighted by molar-refractivity contribution is 5.98. The van der Waals surface area contributed by atoms with Crippen molar-refractivity contribution in [2.75, 3.05) is 7.11 Å². The lowest BCUT2D eigenvalue weighted by Crippen LogP contribution is -2.06. The first-order valence-corrected chi connectivity index (χ1v) is 8.52. The van der Waals surface area contributed by atoms with Gasteiger partial charge in [-0.15, -0.1) is 0 Å². The summed E-state index contributed by atoms with van der Waals surface area (Å²) in [7, 11) is 1.47. The van der Waals surface area contributed by atoms with Gasteiger partial charge < -0.3 is 14.2 Å². The summed E-state index contributed by atoms with van der Waals surface area (Å²) < 4.78 is 16.1. The van der Waals surface area contributed by atoms with Crippen LogP contribution in [-0.4, -0.2) is 19.0 Å². The first-order chi connectivity index (χ1) is 13.0. The maximum Gasteiger partial charge on any atom is 0.308 e. The standard InChI is InChI=1S/C22H20O5/c1-14(23)26-20-13-21(25-3)22(27-15(2)24)18-10-9-17(12-19(18)20)11-16-7-5-4-6-8-16/h4-10,12-13H,11H2,1-3H3. The van der Waals surface area contributed by atoms with E-state index in [9.17, 15) is 9.59 Å². The van der Waals surface area contributed by atoms with Gasteiger partial charge in [-0.3, -0.25) is 9.59 Å². The molecule has 0 aliphatic carbocycles. The molecule has 0 saturated heterocycles. The highest BCUT2D eigenvalue weighted by Gasteiger charge is 2.18. The third-order valence-corrected chi connectivity index (χ3v) is 4.05. The van der Waals surface area contributed by atoms with Gasteiger partial charge in [0, 0.05) is 30.7 Å². The van der Waals surface area contributed by atoms with Gasteiger partial charge in [0.2, 0.25) is 0 Å². The van der Waals surface area contributed by atoms with Gasteiger partial charge in [-0.05, 0) is 23.6 Å². The van der Waals surface area contributed by atoms with Crippen LogP contribution in [0.25, 0.3) is 10.8 Å². The number of fused-ring (bicyclic) bond motifs is 1. The molecule has 0 saturated carbocycles. The zero-order valence-corrected chi connectivity index (χ0v) is 15.4. The van der Waals surface area contributed by atoms with Crippen LogP contribution in [0.1, 0.15) is 25.0 Å². The summed E-state index contributed by atoms with van der Waals surface area (Å²) >= 11 is 0. The van der Waals surface area contributed by atoms with Gasteiger partial charge in [0.05, 0.1) is 7.11 Å². The first kappa shape index (κ1) is 18.5. The Bertz CT molecular complexity index is 993. The topological polar surface area (TPSA) is 61.8 Å². The molecule has 3 aromatic rings. The van der Waals surface area contributed by atoms with E-state index in [-0.39, 0.29) is 0 Å². The van der Waals surface area contributed by atoms with E-state index < -0.39 is 11.9 Å². The predicted octanol–water partition coefficient (Wildman–Crippen LogP) is 4.29. The van der Waals surface area contributed by atoms with E-state index in [4.69, 9.17) is 14.2 Å². The number of benzene rings is 3. The van der Waals surface area contributed by atoms with Crippen LogP contribution < -0.4 is 14.2 Å². The predicted molar refractivity (Wildman–Crippen MR) is 102 cm³/mol. The van der Waals surface area contributed by atoms with Crippen LogP contribution in [0.3, 0.4) is 0 Å². The van der Waals surface area contributed by atoms with Gasteiger partial charge in [0.25, 0.3) is 0 Å². The van der Waals surface area contributed by atoms with Gasteiger partial charge in [0.1, 0.15) is 5.75 Å². The number of hydrogen-bond donors (Lipinski definition) is 0. The number of methoxy groups -OCH3 is 1. The van der Waals surface area contributed by atoms with Gasteiger partial charge in [-0.25, -0.2) is 0 Å². The van der Waals surface area contributed by atoms with Crippen molar-refractivity contribution in [1.29, 1.82) is 0 Å². The average molecular weight is 364 g/mol. The third kappa shape index (κ3) is 4.26. The van der Waals surface area contributed by atoms with Crippen molar-refractivity contribution >= 4 is 22.7 Å². The average Bonchev–Trinajstić information content (AvgIpc) is 2.63. The summed E-state index contributed by atoms with van der Waals surface area (Å²) in [6.07, 6.45) is 0.727. The molecule has 0 heterocycles. The van der Waals surface area contributed by atoms with Crippen LogP contribution in [0.15, 0.2) is 54.6 Å². The van der Waals surface area contributed by atoms with Crippen LogP contribution >= 0.6 is 0 Å². The fourth-order valence-electron chi connectivity index (χ4n) is 2.97. The van der Waals surface area contributed by atoms with E-state index in [1.807, 2.05) is 36.4 Å². The molecule has 0 bridgehead atoms. The molecule has 0 amide bonds. The normalized spacial score (nSPS) is 10.5. The van der Waals surface area contributed by atoms with Crippen molar-refractivity contribution in [3.63, 3.8) is 0 Å². The summed E-state index contributed by atoms with van der Waals surface area (Å²) in [4.78, 5) is 23.1. The second kappa shape index (κ2) is 7.91. The molecule has 0 N–H and O–H groups in total. The van der Waals surface area contributed by atoms with E-state index in [1.54, 1.807) is 6.07 Å². The molecule has 5 nitrogen and oxygen atoms in total. The van der Waals surface area contributed by atoms with Crippen LogP contribution in [0.2, 0.25) is 0 Å². The number of rotatable bonds is 5. The van der Waals surface area contributed by atoms with Crippen molar-refractivity contribution in [1.82, 2.24) is 0 Å². The molecule has 0 aromatic heterocycles. The van der Waals surface area contributed by atoms with Crippen molar-refractivity contribution < 1.29 is 23.8 Å². The second-order valence-corrected chi connectivity index (χ2v) is 6.14. The van der Waals surface area contributed by atoms with Gasteiger partial charge in [-0.2, -0.15) is 0 Å². The molecule has 0 fully saturated rings. The largest absolute Gasteiger partial charge is 0.493 e. The van der Waals surface area contributed by atoms with Gasteiger partial charge >= 0.3 is 11.9 Å². The van der Waals surface area contributed by atoms with Crippen molar-refractivity contribution in [3.05, 3.63) is 65.7 Å². The zero-order chi connectivity index (χ0) is 19.4. The minimum absolute atomic E-state index is 0.308. The Labute approximate surface area is 157 Å². The SMILES string of the molecule is COc1cc(OC(C)=O)c2cc(Cc3ccccc3)ccc2c1OC(C)=O. The zero-order valence-electron chi connectivity index (χ0n) is 15.4. The number of esters is 2. The molecule has 3 aromatic carbocycles. The van der Waals surface area contributed by atoms with E-state index in [0.717, 1.165) is 12.0 Å². The number of ether oxygens (including phenoxy) is 3. The molecular formula is C22H20O5. The Balaban J connectivity index is 2.16. The Morgan fingerprint density at radius 3 is 2.11 bits per heavy atom.